The van der Waals surface area contributed by atoms with Crippen LogP contribution in [-0.2, 0) is 14.1 Å². The van der Waals surface area contributed by atoms with Crippen molar-refractivity contribution < 1.29 is 24.3 Å². The molecule has 1 amide bonds. The van der Waals surface area contributed by atoms with Gasteiger partial charge in [-0.2, -0.15) is 0 Å². The molecule has 1 fully saturated rings. The van der Waals surface area contributed by atoms with Crippen molar-refractivity contribution in [1.29, 1.82) is 0 Å². The minimum atomic E-state index is -0.859. The van der Waals surface area contributed by atoms with Gasteiger partial charge in [0.1, 0.15) is 0 Å². The summed E-state index contributed by atoms with van der Waals surface area (Å²) in [4.78, 5) is 34.7. The van der Waals surface area contributed by atoms with E-state index in [4.69, 9.17) is 4.74 Å². The average molecular weight is 381 g/mol. The first kappa shape index (κ1) is 18.5. The standard InChI is InChI=1S/C14H16N5O6P/c1-6(4-26-24)12(22)17-14-16-11-10(13(23)18-14)15-5-19(11)9-2-7(21)8(3-20)25-9/h5-9,20-21H,2-3H2,1H3,(H2,16,17,18,22,23)/t6?,7-,8+,9+/m0/s1. The van der Waals surface area contributed by atoms with E-state index in [1.54, 1.807) is 0 Å². The molecule has 2 aromatic rings. The summed E-state index contributed by atoms with van der Waals surface area (Å²) < 4.78 is 17.5. The van der Waals surface area contributed by atoms with Gasteiger partial charge >= 0.3 is 142 Å². The van der Waals surface area contributed by atoms with Gasteiger partial charge in [0.2, 0.25) is 0 Å². The molecular weight excluding hydrogens is 365 g/mol. The molecule has 3 heterocycles. The molecule has 0 aliphatic carbocycles. The molecule has 12 heteroatoms. The Morgan fingerprint density at radius 1 is 1.65 bits per heavy atom. The van der Waals surface area contributed by atoms with Crippen LogP contribution in [0.15, 0.2) is 11.1 Å². The number of aromatic amines is 1. The van der Waals surface area contributed by atoms with Gasteiger partial charge in [0, 0.05) is 0 Å². The van der Waals surface area contributed by atoms with E-state index in [0.717, 1.165) is 0 Å². The third-order valence-corrected chi connectivity index (χ3v) is 4.50. The number of rotatable bonds is 4. The van der Waals surface area contributed by atoms with Gasteiger partial charge in [-0.25, -0.2) is 0 Å². The number of hydrogen-bond donors (Lipinski definition) is 4. The summed E-state index contributed by atoms with van der Waals surface area (Å²) in [5.41, 5.74) is 2.01. The van der Waals surface area contributed by atoms with Crippen LogP contribution in [0.5, 0.6) is 0 Å². The van der Waals surface area contributed by atoms with Crippen LogP contribution >= 0.6 is 7.92 Å². The fraction of sp³-hybridized carbons (Fsp3) is 0.500. The molecule has 11 nitrogen and oxygen atoms in total. The number of nitrogens with zero attached hydrogens (tertiary/aromatic N) is 3. The van der Waals surface area contributed by atoms with E-state index in [1.165, 1.54) is 17.8 Å². The van der Waals surface area contributed by atoms with E-state index in [9.17, 15) is 24.4 Å². The number of fused-ring (bicyclic) bond motifs is 1. The van der Waals surface area contributed by atoms with Gasteiger partial charge in [-0.05, 0) is 0 Å². The average Bonchev–Trinajstić information content (AvgIpc) is 3.18. The van der Waals surface area contributed by atoms with Crippen LogP contribution in [0.3, 0.4) is 0 Å². The number of aliphatic hydroxyl groups is 2. The van der Waals surface area contributed by atoms with Crippen molar-refractivity contribution in [3.8, 4) is 5.63 Å². The van der Waals surface area contributed by atoms with Crippen molar-refractivity contribution in [2.45, 2.75) is 31.8 Å². The van der Waals surface area contributed by atoms with Crippen molar-refractivity contribution in [3.05, 3.63) is 16.7 Å². The second-order valence-electron chi connectivity index (χ2n) is 5.78. The van der Waals surface area contributed by atoms with Crippen LogP contribution in [0.2, 0.25) is 0 Å². The predicted molar refractivity (Wildman–Crippen MR) is 89.1 cm³/mol. The number of nitrogens with one attached hydrogen (secondary N) is 2. The molecule has 1 aliphatic rings. The Balaban J connectivity index is 1.94. The zero-order valence-corrected chi connectivity index (χ0v) is 14.5. The molecule has 138 valence electrons. The maximum absolute atomic E-state index is 12.2. The van der Waals surface area contributed by atoms with E-state index in [1.807, 2.05) is 0 Å². The first-order chi connectivity index (χ1) is 12.4. The fourth-order valence-electron chi connectivity index (χ4n) is 2.61. The van der Waals surface area contributed by atoms with Gasteiger partial charge in [0.05, 0.1) is 0 Å². The number of H-pyrrole nitrogens is 1. The molecule has 1 saturated heterocycles. The molecule has 1 unspecified atom stereocenters. The number of amides is 1. The Morgan fingerprint density at radius 3 is 3.08 bits per heavy atom. The summed E-state index contributed by atoms with van der Waals surface area (Å²) in [5.74, 6) is -1.43. The van der Waals surface area contributed by atoms with Crippen molar-refractivity contribution in [2.24, 2.45) is 5.92 Å². The van der Waals surface area contributed by atoms with E-state index in [2.05, 4.69) is 25.9 Å². The second-order valence-corrected chi connectivity index (χ2v) is 6.23. The van der Waals surface area contributed by atoms with Gasteiger partial charge in [0.15, 0.2) is 0 Å². The van der Waals surface area contributed by atoms with E-state index in [-0.39, 0.29) is 30.1 Å². The van der Waals surface area contributed by atoms with Crippen LogP contribution in [-0.4, -0.2) is 54.5 Å². The van der Waals surface area contributed by atoms with Gasteiger partial charge in [-0.15, -0.1) is 0 Å². The SMILES string of the molecule is CC(C#P=O)C(=O)Nc1nc2c(ncn2[C@H]2C[C@H](O)[C@@H](CO)O2)c(=O)[nH]1. The molecule has 0 spiro atoms. The number of carbonyl (C=O) groups is 1. The van der Waals surface area contributed by atoms with Gasteiger partial charge in [-0.3, -0.25) is 0 Å². The third-order valence-electron chi connectivity index (χ3n) is 4.01. The van der Waals surface area contributed by atoms with Crippen molar-refractivity contribution in [2.75, 3.05) is 11.9 Å². The molecule has 0 saturated carbocycles. The number of ether oxygens (including phenoxy) is 1. The Hall–Kier alpha value is -2.29. The fourth-order valence-corrected chi connectivity index (χ4v) is 2.88. The summed E-state index contributed by atoms with van der Waals surface area (Å²) >= 11 is 0. The topological polar surface area (TPSA) is 159 Å². The zero-order valence-electron chi connectivity index (χ0n) is 13.6. The quantitative estimate of drug-likeness (QED) is 0.520. The van der Waals surface area contributed by atoms with E-state index >= 15 is 0 Å². The molecule has 0 radical (unpaired) electrons. The Kier molecular flexibility index (Phi) is 5.36. The van der Waals surface area contributed by atoms with Crippen LogP contribution in [0.25, 0.3) is 11.2 Å². The summed E-state index contributed by atoms with van der Waals surface area (Å²) in [7, 11) is -0.402. The van der Waals surface area contributed by atoms with Crippen LogP contribution in [0, 0.1) is 11.5 Å². The number of hydrogen-bond acceptors (Lipinski definition) is 8. The maximum atomic E-state index is 12.2. The van der Waals surface area contributed by atoms with Crippen LogP contribution in [0.4, 0.5) is 5.95 Å². The summed E-state index contributed by atoms with van der Waals surface area (Å²) in [6, 6.07) is 0. The molecule has 0 aromatic carbocycles. The van der Waals surface area contributed by atoms with Crippen LogP contribution < -0.4 is 10.9 Å². The van der Waals surface area contributed by atoms with Gasteiger partial charge < -0.3 is 5.11 Å². The summed E-state index contributed by atoms with van der Waals surface area (Å²) in [6.45, 7) is 1.15. The van der Waals surface area contributed by atoms with Crippen molar-refractivity contribution in [3.63, 3.8) is 0 Å². The molecular formula is C14H16N5O6P. The van der Waals surface area contributed by atoms with Crippen molar-refractivity contribution in [1.82, 2.24) is 19.5 Å². The number of anilines is 1. The predicted octanol–water partition coefficient (Wildman–Crippen LogP) is -0.414. The molecule has 4 atom stereocenters. The monoisotopic (exact) mass is 381 g/mol. The van der Waals surface area contributed by atoms with Crippen LogP contribution in [0.1, 0.15) is 19.6 Å². The third kappa shape index (κ3) is 3.48. The summed E-state index contributed by atoms with van der Waals surface area (Å²) in [5, 5.41) is 21.5. The van der Waals surface area contributed by atoms with E-state index < -0.39 is 43.7 Å². The Morgan fingerprint density at radius 2 is 2.42 bits per heavy atom. The van der Waals surface area contributed by atoms with E-state index in [0.29, 0.717) is 0 Å². The normalized spacial score (nSPS) is 23.6. The van der Waals surface area contributed by atoms with Crippen molar-refractivity contribution >= 4 is 30.9 Å². The number of carbonyl (C=O) groups excluding carboxylic acids is 1. The first-order valence-electron chi connectivity index (χ1n) is 7.74. The molecule has 26 heavy (non-hydrogen) atoms. The molecule has 0 bridgehead atoms. The first-order valence-corrected chi connectivity index (χ1v) is 8.55. The number of aromatic nitrogens is 4. The Labute approximate surface area is 147 Å². The minimum absolute atomic E-state index is 0.0396. The zero-order chi connectivity index (χ0) is 18.8. The molecule has 3 rings (SSSR count). The Bertz CT molecular complexity index is 998. The second kappa shape index (κ2) is 7.53. The number of aliphatic hydroxyl groups excluding tert-OH is 2. The van der Waals surface area contributed by atoms with Gasteiger partial charge in [0.25, 0.3) is 0 Å². The molecule has 1 aliphatic heterocycles. The molecule has 4 N–H and O–H groups in total. The summed E-state index contributed by atoms with van der Waals surface area (Å²) in [6.07, 6.45) is -0.726. The van der Waals surface area contributed by atoms with Gasteiger partial charge in [-0.1, -0.05) is 0 Å². The molecule has 2 aromatic heterocycles. The number of imidazole rings is 1.